The van der Waals surface area contributed by atoms with Crippen molar-refractivity contribution in [1.29, 1.82) is 0 Å². The molecule has 1 saturated carbocycles. The third-order valence-corrected chi connectivity index (χ3v) is 4.28. The van der Waals surface area contributed by atoms with Crippen LogP contribution in [0.5, 0.6) is 0 Å². The third-order valence-electron chi connectivity index (χ3n) is 4.28. The number of carbonyl (C=O) groups excluding carboxylic acids is 2. The summed E-state index contributed by atoms with van der Waals surface area (Å²) in [5.74, 6) is -2.60. The second-order valence-electron chi connectivity index (χ2n) is 5.82. The number of carbonyl (C=O) groups is 3. The summed E-state index contributed by atoms with van der Waals surface area (Å²) in [6, 6.07) is 0. The van der Waals surface area contributed by atoms with E-state index in [4.69, 9.17) is 0 Å². The van der Waals surface area contributed by atoms with Crippen LogP contribution in [0.25, 0.3) is 0 Å². The minimum Gasteiger partial charge on any atom is -0.481 e. The molecule has 1 N–H and O–H groups in total. The molecule has 110 valence electrons. The van der Waals surface area contributed by atoms with E-state index in [-0.39, 0.29) is 30.2 Å². The quantitative estimate of drug-likeness (QED) is 0.738. The smallest absolute Gasteiger partial charge is 0.307 e. The van der Waals surface area contributed by atoms with Gasteiger partial charge in [-0.3, -0.25) is 14.4 Å². The molecule has 20 heavy (non-hydrogen) atoms. The fourth-order valence-corrected chi connectivity index (χ4v) is 3.17. The molecular weight excluding hydrogens is 260 g/mol. The Morgan fingerprint density at radius 3 is 2.15 bits per heavy atom. The number of likely N-dealkylation sites (N-methyl/N-ethyl adjacent to an activating group) is 2. The standard InChI is InChI=1S/C14H20N2O4/c1-15(2)10(17)7-16(3)13(18)11-8-4-5-9(6-8)12(11)14(19)20/h4-5,8-9,11-12H,6-7H2,1-3H3,(H,19,20)/t8?,9?,11-,12+/m0/s1. The molecule has 0 aromatic heterocycles. The molecule has 4 atom stereocenters. The molecule has 2 aliphatic carbocycles. The fraction of sp³-hybridized carbons (Fsp3) is 0.643. The molecule has 2 unspecified atom stereocenters. The SMILES string of the molecule is CN(C)C(=O)CN(C)C(=O)[C@H]1C2C=CC(C2)[C@H]1C(=O)O. The van der Waals surface area contributed by atoms with Gasteiger partial charge in [0.25, 0.3) is 0 Å². The van der Waals surface area contributed by atoms with Gasteiger partial charge in [-0.2, -0.15) is 0 Å². The van der Waals surface area contributed by atoms with E-state index < -0.39 is 17.8 Å². The van der Waals surface area contributed by atoms with Gasteiger partial charge in [0.15, 0.2) is 0 Å². The fourth-order valence-electron chi connectivity index (χ4n) is 3.17. The normalized spacial score (nSPS) is 30.4. The molecule has 0 heterocycles. The number of hydrogen-bond acceptors (Lipinski definition) is 3. The average molecular weight is 280 g/mol. The molecule has 0 aliphatic heterocycles. The van der Waals surface area contributed by atoms with Gasteiger partial charge in [0.1, 0.15) is 0 Å². The number of allylic oxidation sites excluding steroid dienone is 2. The summed E-state index contributed by atoms with van der Waals surface area (Å²) in [6.07, 6.45) is 4.56. The van der Waals surface area contributed by atoms with Crippen LogP contribution < -0.4 is 0 Å². The monoisotopic (exact) mass is 280 g/mol. The Bertz CT molecular complexity index is 472. The molecule has 0 spiro atoms. The van der Waals surface area contributed by atoms with Crippen molar-refractivity contribution in [3.05, 3.63) is 12.2 Å². The Labute approximate surface area is 118 Å². The van der Waals surface area contributed by atoms with Crippen molar-refractivity contribution in [2.75, 3.05) is 27.7 Å². The predicted molar refractivity (Wildman–Crippen MR) is 71.7 cm³/mol. The van der Waals surface area contributed by atoms with E-state index in [9.17, 15) is 19.5 Å². The van der Waals surface area contributed by atoms with E-state index in [0.29, 0.717) is 0 Å². The zero-order chi connectivity index (χ0) is 15.0. The van der Waals surface area contributed by atoms with Gasteiger partial charge < -0.3 is 14.9 Å². The second-order valence-corrected chi connectivity index (χ2v) is 5.82. The molecule has 2 aliphatic rings. The van der Waals surface area contributed by atoms with Gasteiger partial charge in [-0.1, -0.05) is 12.2 Å². The summed E-state index contributed by atoms with van der Waals surface area (Å²) in [7, 11) is 4.81. The molecular formula is C14H20N2O4. The van der Waals surface area contributed by atoms with Gasteiger partial charge in [-0.05, 0) is 18.3 Å². The van der Waals surface area contributed by atoms with E-state index in [0.717, 1.165) is 6.42 Å². The average Bonchev–Trinajstić information content (AvgIpc) is 2.97. The van der Waals surface area contributed by atoms with Crippen LogP contribution in [-0.2, 0) is 14.4 Å². The van der Waals surface area contributed by atoms with Crippen molar-refractivity contribution >= 4 is 17.8 Å². The van der Waals surface area contributed by atoms with E-state index in [2.05, 4.69) is 0 Å². The minimum absolute atomic E-state index is 0.00879. The van der Waals surface area contributed by atoms with Gasteiger partial charge in [0.2, 0.25) is 11.8 Å². The highest BCUT2D eigenvalue weighted by Gasteiger charge is 2.52. The van der Waals surface area contributed by atoms with Crippen LogP contribution in [0, 0.1) is 23.7 Å². The molecule has 0 aromatic carbocycles. The van der Waals surface area contributed by atoms with Crippen LogP contribution in [0.3, 0.4) is 0 Å². The minimum atomic E-state index is -0.924. The van der Waals surface area contributed by atoms with Crippen molar-refractivity contribution < 1.29 is 19.5 Å². The maximum atomic E-state index is 12.5. The number of carboxylic acids is 1. The lowest BCUT2D eigenvalue weighted by Crippen LogP contribution is -2.44. The summed E-state index contributed by atoms with van der Waals surface area (Å²) >= 11 is 0. The van der Waals surface area contributed by atoms with Crippen LogP contribution in [0.2, 0.25) is 0 Å². The lowest BCUT2D eigenvalue weighted by Gasteiger charge is -2.28. The van der Waals surface area contributed by atoms with Crippen molar-refractivity contribution in [3.8, 4) is 0 Å². The highest BCUT2D eigenvalue weighted by Crippen LogP contribution is 2.48. The first-order valence-electron chi connectivity index (χ1n) is 6.69. The second kappa shape index (κ2) is 5.26. The molecule has 0 radical (unpaired) electrons. The molecule has 2 amide bonds. The van der Waals surface area contributed by atoms with Crippen molar-refractivity contribution in [3.63, 3.8) is 0 Å². The number of nitrogens with zero attached hydrogens (tertiary/aromatic N) is 2. The summed E-state index contributed by atoms with van der Waals surface area (Å²) in [6.45, 7) is -0.0181. The number of carboxylic acid groups (broad SMARTS) is 1. The van der Waals surface area contributed by atoms with E-state index in [1.807, 2.05) is 12.2 Å². The lowest BCUT2D eigenvalue weighted by atomic mass is 9.82. The topological polar surface area (TPSA) is 77.9 Å². The highest BCUT2D eigenvalue weighted by molar-refractivity contribution is 5.89. The Hall–Kier alpha value is -1.85. The summed E-state index contributed by atoms with van der Waals surface area (Å²) in [5, 5.41) is 9.33. The van der Waals surface area contributed by atoms with Gasteiger partial charge in [-0.15, -0.1) is 0 Å². The Balaban J connectivity index is 2.10. The maximum Gasteiger partial charge on any atom is 0.307 e. The highest BCUT2D eigenvalue weighted by atomic mass is 16.4. The zero-order valence-electron chi connectivity index (χ0n) is 11.9. The molecule has 2 rings (SSSR count). The van der Waals surface area contributed by atoms with Crippen LogP contribution in [0.4, 0.5) is 0 Å². The molecule has 1 fully saturated rings. The number of rotatable bonds is 4. The number of amides is 2. The maximum absolute atomic E-state index is 12.5. The lowest BCUT2D eigenvalue weighted by molar-refractivity contribution is -0.151. The zero-order valence-corrected chi connectivity index (χ0v) is 11.9. The summed E-state index contributed by atoms with van der Waals surface area (Å²) in [5.41, 5.74) is 0. The van der Waals surface area contributed by atoms with Crippen molar-refractivity contribution in [1.82, 2.24) is 9.80 Å². The first kappa shape index (κ1) is 14.6. The van der Waals surface area contributed by atoms with Crippen LogP contribution in [0.1, 0.15) is 6.42 Å². The summed E-state index contributed by atoms with van der Waals surface area (Å²) in [4.78, 5) is 38.3. The van der Waals surface area contributed by atoms with Gasteiger partial charge in [0.05, 0.1) is 18.4 Å². The molecule has 0 saturated heterocycles. The third kappa shape index (κ3) is 2.42. The van der Waals surface area contributed by atoms with Crippen LogP contribution in [0.15, 0.2) is 12.2 Å². The van der Waals surface area contributed by atoms with Crippen LogP contribution in [-0.4, -0.2) is 60.4 Å². The van der Waals surface area contributed by atoms with E-state index in [1.54, 1.807) is 21.1 Å². The van der Waals surface area contributed by atoms with Gasteiger partial charge in [0, 0.05) is 21.1 Å². The first-order valence-corrected chi connectivity index (χ1v) is 6.69. The molecule has 6 heteroatoms. The number of aliphatic carboxylic acids is 1. The number of hydrogen-bond donors (Lipinski definition) is 1. The Kier molecular flexibility index (Phi) is 3.83. The van der Waals surface area contributed by atoms with E-state index >= 15 is 0 Å². The molecule has 2 bridgehead atoms. The summed E-state index contributed by atoms with van der Waals surface area (Å²) < 4.78 is 0. The Morgan fingerprint density at radius 2 is 1.65 bits per heavy atom. The number of fused-ring (bicyclic) bond motifs is 2. The Morgan fingerprint density at radius 1 is 1.10 bits per heavy atom. The van der Waals surface area contributed by atoms with E-state index in [1.165, 1.54) is 9.80 Å². The molecule has 0 aromatic rings. The first-order chi connectivity index (χ1) is 9.32. The van der Waals surface area contributed by atoms with Gasteiger partial charge >= 0.3 is 5.97 Å². The van der Waals surface area contributed by atoms with Crippen molar-refractivity contribution in [2.24, 2.45) is 23.7 Å². The largest absolute Gasteiger partial charge is 0.481 e. The van der Waals surface area contributed by atoms with Gasteiger partial charge in [-0.25, -0.2) is 0 Å². The van der Waals surface area contributed by atoms with Crippen LogP contribution >= 0.6 is 0 Å². The molecule has 6 nitrogen and oxygen atoms in total. The predicted octanol–water partition coefficient (Wildman–Crippen LogP) is 0.0559. The van der Waals surface area contributed by atoms with Crippen molar-refractivity contribution in [2.45, 2.75) is 6.42 Å².